The standard InChI is InChI=1S/C55H103NO8/c1-3-5-7-9-11-13-15-17-19-21-22-23-24-25-26-27-28-29-31-33-35-37-39-41-43-45-51(59)56-48(47-63-55-54(62)53(61)52(60)50(46-57)64-55)49(58)44-42-40-38-36-34-32-30-20-18-16-14-12-10-8-6-4-2/h18,20,34,36,42,44,48-50,52-55,57-58,60-62H,3-17,19,21-33,35,37-41,43,45-47H2,1-2H3,(H,56,59)/b20-18+,36-34+,44-42+. The van der Waals surface area contributed by atoms with Crippen molar-refractivity contribution in [1.82, 2.24) is 5.32 Å². The SMILES string of the molecule is CCCCCCCC/C=C/CC/C=C/CC/C=C/C(O)C(COC1OC(CO)C(O)C(O)C1O)NC(=O)CCCCCCCCCCCCCCCCCCCCCCCCCCC. The molecule has 64 heavy (non-hydrogen) atoms. The molecule has 9 nitrogen and oxygen atoms in total. The number of allylic oxidation sites excluding steroid dienone is 5. The summed E-state index contributed by atoms with van der Waals surface area (Å²) in [6.45, 7) is 3.77. The monoisotopic (exact) mass is 906 g/mol. The first-order valence-electron chi connectivity index (χ1n) is 27.2. The minimum absolute atomic E-state index is 0.187. The second-order valence-electron chi connectivity index (χ2n) is 19.0. The Morgan fingerprint density at radius 1 is 0.516 bits per heavy atom. The summed E-state index contributed by atoms with van der Waals surface area (Å²) >= 11 is 0. The first kappa shape index (κ1) is 60.4. The topological polar surface area (TPSA) is 149 Å². The van der Waals surface area contributed by atoms with Gasteiger partial charge in [0.15, 0.2) is 6.29 Å². The fourth-order valence-electron chi connectivity index (χ4n) is 8.60. The lowest BCUT2D eigenvalue weighted by atomic mass is 9.99. The lowest BCUT2D eigenvalue weighted by Crippen LogP contribution is -2.60. The lowest BCUT2D eigenvalue weighted by Gasteiger charge is -2.40. The van der Waals surface area contributed by atoms with E-state index in [4.69, 9.17) is 9.47 Å². The van der Waals surface area contributed by atoms with Crippen LogP contribution < -0.4 is 5.32 Å². The van der Waals surface area contributed by atoms with Gasteiger partial charge in [-0.1, -0.05) is 237 Å². The number of ether oxygens (including phenoxy) is 2. The average molecular weight is 906 g/mol. The molecule has 0 aromatic heterocycles. The van der Waals surface area contributed by atoms with Crippen LogP contribution in [0.3, 0.4) is 0 Å². The van der Waals surface area contributed by atoms with Crippen LogP contribution in [0, 0.1) is 0 Å². The fourth-order valence-corrected chi connectivity index (χ4v) is 8.60. The number of aliphatic hydroxyl groups is 5. The Morgan fingerprint density at radius 2 is 0.891 bits per heavy atom. The van der Waals surface area contributed by atoms with Gasteiger partial charge in [-0.15, -0.1) is 0 Å². The van der Waals surface area contributed by atoms with E-state index in [0.717, 1.165) is 51.4 Å². The molecule has 0 spiro atoms. The Hall–Kier alpha value is -1.59. The van der Waals surface area contributed by atoms with Crippen molar-refractivity contribution in [3.8, 4) is 0 Å². The third-order valence-corrected chi connectivity index (χ3v) is 12.9. The maximum atomic E-state index is 13.0. The number of hydrogen-bond donors (Lipinski definition) is 6. The third kappa shape index (κ3) is 34.7. The fraction of sp³-hybridized carbons (Fsp3) is 0.873. The van der Waals surface area contributed by atoms with Gasteiger partial charge in [-0.2, -0.15) is 0 Å². The zero-order valence-electron chi connectivity index (χ0n) is 41.5. The molecule has 1 aliphatic rings. The minimum atomic E-state index is -1.57. The molecular weight excluding hydrogens is 803 g/mol. The molecule has 1 fully saturated rings. The molecule has 1 aliphatic heterocycles. The second-order valence-corrected chi connectivity index (χ2v) is 19.0. The molecule has 1 rings (SSSR count). The highest BCUT2D eigenvalue weighted by Gasteiger charge is 2.44. The van der Waals surface area contributed by atoms with Crippen LogP contribution in [0.2, 0.25) is 0 Å². The third-order valence-electron chi connectivity index (χ3n) is 12.9. The van der Waals surface area contributed by atoms with E-state index in [-0.39, 0.29) is 12.5 Å². The lowest BCUT2D eigenvalue weighted by molar-refractivity contribution is -0.302. The van der Waals surface area contributed by atoms with E-state index in [9.17, 15) is 30.3 Å². The van der Waals surface area contributed by atoms with Gasteiger partial charge < -0.3 is 40.3 Å². The predicted molar refractivity (Wildman–Crippen MR) is 267 cm³/mol. The molecule has 0 aromatic carbocycles. The van der Waals surface area contributed by atoms with Gasteiger partial charge in [0.2, 0.25) is 5.91 Å². The number of rotatable bonds is 46. The molecule has 9 heteroatoms. The normalized spacial score (nSPS) is 20.3. The van der Waals surface area contributed by atoms with E-state index in [2.05, 4.69) is 43.5 Å². The van der Waals surface area contributed by atoms with E-state index >= 15 is 0 Å². The van der Waals surface area contributed by atoms with Crippen LogP contribution in [-0.4, -0.2) is 87.5 Å². The van der Waals surface area contributed by atoms with Gasteiger partial charge in [0.05, 0.1) is 25.4 Å². The van der Waals surface area contributed by atoms with Gasteiger partial charge in [0.1, 0.15) is 24.4 Å². The Morgan fingerprint density at radius 3 is 1.31 bits per heavy atom. The highest BCUT2D eigenvalue weighted by atomic mass is 16.7. The van der Waals surface area contributed by atoms with Crippen LogP contribution in [0.4, 0.5) is 0 Å². The quantitative estimate of drug-likeness (QED) is 0.0261. The molecule has 7 unspecified atom stereocenters. The molecule has 0 aliphatic carbocycles. The molecule has 0 aromatic rings. The summed E-state index contributed by atoms with van der Waals surface area (Å²) in [6, 6.07) is -0.825. The Bertz CT molecular complexity index is 1100. The van der Waals surface area contributed by atoms with Gasteiger partial charge in [-0.3, -0.25) is 4.79 Å². The maximum Gasteiger partial charge on any atom is 0.220 e. The molecule has 0 radical (unpaired) electrons. The first-order chi connectivity index (χ1) is 31.3. The number of carbonyl (C=O) groups excluding carboxylic acids is 1. The smallest absolute Gasteiger partial charge is 0.220 e. The molecule has 0 saturated carbocycles. The summed E-state index contributed by atoms with van der Waals surface area (Å²) < 4.78 is 11.2. The Labute approximate surface area is 393 Å². The van der Waals surface area contributed by atoms with E-state index in [1.807, 2.05) is 6.08 Å². The highest BCUT2D eigenvalue weighted by molar-refractivity contribution is 5.76. The van der Waals surface area contributed by atoms with Gasteiger partial charge in [0, 0.05) is 6.42 Å². The molecular formula is C55H103NO8. The van der Waals surface area contributed by atoms with Gasteiger partial charge in [-0.05, 0) is 44.9 Å². The number of carbonyl (C=O) groups is 1. The number of nitrogens with one attached hydrogen (secondary N) is 1. The van der Waals surface area contributed by atoms with Crippen LogP contribution in [0.15, 0.2) is 36.5 Å². The molecule has 6 N–H and O–H groups in total. The van der Waals surface area contributed by atoms with E-state index in [1.165, 1.54) is 180 Å². The van der Waals surface area contributed by atoms with Crippen molar-refractivity contribution in [3.63, 3.8) is 0 Å². The van der Waals surface area contributed by atoms with Crippen molar-refractivity contribution in [1.29, 1.82) is 0 Å². The summed E-state index contributed by atoms with van der Waals surface area (Å²) in [4.78, 5) is 13.0. The second kappa shape index (κ2) is 45.2. The molecule has 1 amide bonds. The summed E-state index contributed by atoms with van der Waals surface area (Å²) in [5.41, 5.74) is 0. The van der Waals surface area contributed by atoms with Crippen molar-refractivity contribution in [3.05, 3.63) is 36.5 Å². The number of unbranched alkanes of at least 4 members (excludes halogenated alkanes) is 32. The number of aliphatic hydroxyl groups excluding tert-OH is 5. The molecule has 7 atom stereocenters. The van der Waals surface area contributed by atoms with E-state index in [1.54, 1.807) is 6.08 Å². The highest BCUT2D eigenvalue weighted by Crippen LogP contribution is 2.23. The summed E-state index contributed by atoms with van der Waals surface area (Å²) in [5.74, 6) is -0.187. The van der Waals surface area contributed by atoms with Gasteiger partial charge in [0.25, 0.3) is 0 Å². The number of hydrogen-bond acceptors (Lipinski definition) is 8. The zero-order chi connectivity index (χ0) is 46.6. The molecule has 1 saturated heterocycles. The largest absolute Gasteiger partial charge is 0.394 e. The predicted octanol–water partition coefficient (Wildman–Crippen LogP) is 12.8. The molecule has 0 bridgehead atoms. The van der Waals surface area contributed by atoms with E-state index in [0.29, 0.717) is 6.42 Å². The van der Waals surface area contributed by atoms with Crippen LogP contribution >= 0.6 is 0 Å². The van der Waals surface area contributed by atoms with Crippen molar-refractivity contribution >= 4 is 5.91 Å². The average Bonchev–Trinajstić information content (AvgIpc) is 3.29. The summed E-state index contributed by atoms with van der Waals surface area (Å²) in [6.07, 6.45) is 50.7. The number of amides is 1. The summed E-state index contributed by atoms with van der Waals surface area (Å²) in [5, 5.41) is 54.3. The molecule has 376 valence electrons. The van der Waals surface area contributed by atoms with Crippen molar-refractivity contribution in [2.24, 2.45) is 0 Å². The van der Waals surface area contributed by atoms with E-state index < -0.39 is 49.5 Å². The van der Waals surface area contributed by atoms with Crippen LogP contribution in [0.25, 0.3) is 0 Å². The van der Waals surface area contributed by atoms with Crippen LogP contribution in [-0.2, 0) is 14.3 Å². The van der Waals surface area contributed by atoms with Crippen LogP contribution in [0.5, 0.6) is 0 Å². The zero-order valence-corrected chi connectivity index (χ0v) is 41.5. The van der Waals surface area contributed by atoms with Crippen molar-refractivity contribution < 1.29 is 39.8 Å². The maximum absolute atomic E-state index is 13.0. The van der Waals surface area contributed by atoms with Gasteiger partial charge >= 0.3 is 0 Å². The van der Waals surface area contributed by atoms with Crippen molar-refractivity contribution in [2.45, 2.75) is 294 Å². The molecule has 1 heterocycles. The summed E-state index contributed by atoms with van der Waals surface area (Å²) in [7, 11) is 0. The first-order valence-corrected chi connectivity index (χ1v) is 27.2. The Kier molecular flexibility index (Phi) is 42.7. The van der Waals surface area contributed by atoms with Gasteiger partial charge in [-0.25, -0.2) is 0 Å². The van der Waals surface area contributed by atoms with Crippen LogP contribution in [0.1, 0.15) is 251 Å². The van der Waals surface area contributed by atoms with Crippen molar-refractivity contribution in [2.75, 3.05) is 13.2 Å². The minimum Gasteiger partial charge on any atom is -0.394 e. The Balaban J connectivity index is 2.24.